The zero-order valence-corrected chi connectivity index (χ0v) is 13.4. The van der Waals surface area contributed by atoms with Crippen LogP contribution in [0.25, 0.3) is 0 Å². The number of amides is 1. The van der Waals surface area contributed by atoms with Crippen molar-refractivity contribution in [3.05, 3.63) is 49.6 Å². The van der Waals surface area contributed by atoms with Crippen LogP contribution in [0.2, 0.25) is 5.02 Å². The van der Waals surface area contributed by atoms with Gasteiger partial charge in [0.05, 0.1) is 10.7 Å². The van der Waals surface area contributed by atoms with E-state index in [4.69, 9.17) is 29.6 Å². The maximum atomic E-state index is 12.1. The number of hydrogen-bond donors (Lipinski definition) is 2. The molecule has 0 aliphatic heterocycles. The first-order valence-electron chi connectivity index (χ1n) is 5.12. The highest BCUT2D eigenvalue weighted by Crippen LogP contribution is 2.27. The molecule has 0 fully saturated rings. The summed E-state index contributed by atoms with van der Waals surface area (Å²) in [6.45, 7) is 0. The number of nitrogens with one attached hydrogen (secondary N) is 1. The second-order valence-electron chi connectivity index (χ2n) is 3.61. The smallest absolute Gasteiger partial charge is 0.266 e. The average Bonchev–Trinajstić information content (AvgIpc) is 2.78. The van der Waals surface area contributed by atoms with Gasteiger partial charge in [0, 0.05) is 10.0 Å². The highest BCUT2D eigenvalue weighted by atomic mass is 79.9. The Balaban J connectivity index is 2.28. The number of carbonyl (C=O) groups is 1. The van der Waals surface area contributed by atoms with Gasteiger partial charge in [-0.25, -0.2) is 0 Å². The minimum Gasteiger partial charge on any atom is -0.389 e. The Bertz CT molecular complexity index is 657. The Labute approximate surface area is 132 Å². The molecule has 7 heteroatoms. The number of anilines is 1. The molecule has 0 aliphatic carbocycles. The minimum absolute atomic E-state index is 0.233. The van der Waals surface area contributed by atoms with Crippen LogP contribution in [0.3, 0.4) is 0 Å². The van der Waals surface area contributed by atoms with Gasteiger partial charge in [-0.2, -0.15) is 0 Å². The van der Waals surface area contributed by atoms with Crippen molar-refractivity contribution in [3.63, 3.8) is 0 Å². The SMILES string of the molecule is NC(=S)c1ccc(Cl)c(NC(=O)c2sccc2Br)c1. The van der Waals surface area contributed by atoms with Crippen molar-refractivity contribution in [3.8, 4) is 0 Å². The fraction of sp³-hybridized carbons (Fsp3) is 0. The standard InChI is InChI=1S/C12H8BrClN2OS2/c13-7-3-4-19-10(7)12(17)16-9-5-6(11(15)18)1-2-8(9)14/h1-5H,(H2,15,18)(H,16,17). The van der Waals surface area contributed by atoms with Crippen molar-refractivity contribution in [1.82, 2.24) is 0 Å². The van der Waals surface area contributed by atoms with E-state index in [0.29, 0.717) is 21.2 Å². The van der Waals surface area contributed by atoms with Gasteiger partial charge in [-0.15, -0.1) is 11.3 Å². The predicted octanol–water partition coefficient (Wildman–Crippen LogP) is 4.05. The Morgan fingerprint density at radius 1 is 1.42 bits per heavy atom. The summed E-state index contributed by atoms with van der Waals surface area (Å²) in [7, 11) is 0. The van der Waals surface area contributed by atoms with E-state index >= 15 is 0 Å². The van der Waals surface area contributed by atoms with Gasteiger partial charge < -0.3 is 11.1 Å². The minimum atomic E-state index is -0.233. The fourth-order valence-corrected chi connectivity index (χ4v) is 3.15. The second-order valence-corrected chi connectivity index (χ2v) is 6.23. The van der Waals surface area contributed by atoms with Gasteiger partial charge in [-0.3, -0.25) is 4.79 Å². The number of nitrogens with two attached hydrogens (primary N) is 1. The molecule has 0 spiro atoms. The molecule has 3 nitrogen and oxygen atoms in total. The van der Waals surface area contributed by atoms with Crippen molar-refractivity contribution in [2.45, 2.75) is 0 Å². The number of rotatable bonds is 3. The molecule has 19 heavy (non-hydrogen) atoms. The third kappa shape index (κ3) is 3.33. The molecule has 0 atom stereocenters. The summed E-state index contributed by atoms with van der Waals surface area (Å²) in [6, 6.07) is 6.83. The fourth-order valence-electron chi connectivity index (χ4n) is 1.41. The zero-order chi connectivity index (χ0) is 14.0. The predicted molar refractivity (Wildman–Crippen MR) is 87.3 cm³/mol. The first kappa shape index (κ1) is 14.5. The average molecular weight is 376 g/mol. The third-order valence-corrected chi connectivity index (χ3v) is 4.72. The molecule has 98 valence electrons. The van der Waals surface area contributed by atoms with Crippen LogP contribution in [0.5, 0.6) is 0 Å². The van der Waals surface area contributed by atoms with E-state index in [-0.39, 0.29) is 10.9 Å². The van der Waals surface area contributed by atoms with E-state index in [0.717, 1.165) is 4.47 Å². The van der Waals surface area contributed by atoms with E-state index in [1.165, 1.54) is 11.3 Å². The van der Waals surface area contributed by atoms with Crippen LogP contribution < -0.4 is 11.1 Å². The maximum Gasteiger partial charge on any atom is 0.266 e. The van der Waals surface area contributed by atoms with Crippen LogP contribution in [-0.2, 0) is 0 Å². The number of halogens is 2. The van der Waals surface area contributed by atoms with E-state index in [2.05, 4.69) is 21.2 Å². The Morgan fingerprint density at radius 3 is 2.74 bits per heavy atom. The lowest BCUT2D eigenvalue weighted by molar-refractivity contribution is 0.103. The van der Waals surface area contributed by atoms with Crippen LogP contribution in [0, 0.1) is 0 Å². The molecule has 3 N–H and O–H groups in total. The van der Waals surface area contributed by atoms with E-state index in [1.54, 1.807) is 18.2 Å². The van der Waals surface area contributed by atoms with Crippen LogP contribution in [0.4, 0.5) is 5.69 Å². The summed E-state index contributed by atoms with van der Waals surface area (Å²) in [5.74, 6) is -0.233. The van der Waals surface area contributed by atoms with Crippen molar-refractivity contribution in [1.29, 1.82) is 0 Å². The molecule has 0 aliphatic rings. The molecular formula is C12H8BrClN2OS2. The Morgan fingerprint density at radius 2 is 2.16 bits per heavy atom. The van der Waals surface area contributed by atoms with Gasteiger partial charge in [0.15, 0.2) is 0 Å². The van der Waals surface area contributed by atoms with Crippen molar-refractivity contribution < 1.29 is 4.79 Å². The van der Waals surface area contributed by atoms with Crippen LogP contribution in [0.1, 0.15) is 15.2 Å². The van der Waals surface area contributed by atoms with Gasteiger partial charge in [0.2, 0.25) is 0 Å². The first-order valence-corrected chi connectivity index (χ1v) is 7.58. The maximum absolute atomic E-state index is 12.1. The summed E-state index contributed by atoms with van der Waals surface area (Å²) in [5, 5.41) is 5.00. The molecule has 0 radical (unpaired) electrons. The molecule has 2 aromatic rings. The topological polar surface area (TPSA) is 55.1 Å². The molecule has 2 rings (SSSR count). The molecule has 1 amide bonds. The van der Waals surface area contributed by atoms with Crippen LogP contribution in [-0.4, -0.2) is 10.9 Å². The van der Waals surface area contributed by atoms with Gasteiger partial charge >= 0.3 is 0 Å². The van der Waals surface area contributed by atoms with Gasteiger partial charge in [0.25, 0.3) is 5.91 Å². The van der Waals surface area contributed by atoms with E-state index < -0.39 is 0 Å². The molecule has 0 saturated carbocycles. The van der Waals surface area contributed by atoms with Gasteiger partial charge in [-0.1, -0.05) is 29.9 Å². The molecule has 0 saturated heterocycles. The summed E-state index contributed by atoms with van der Waals surface area (Å²) < 4.78 is 0.747. The van der Waals surface area contributed by atoms with Crippen molar-refractivity contribution in [2.75, 3.05) is 5.32 Å². The lowest BCUT2D eigenvalue weighted by Gasteiger charge is -2.08. The van der Waals surface area contributed by atoms with Crippen molar-refractivity contribution >= 4 is 67.7 Å². The molecule has 0 bridgehead atoms. The lowest BCUT2D eigenvalue weighted by Crippen LogP contribution is -2.13. The molecule has 1 aromatic heterocycles. The lowest BCUT2D eigenvalue weighted by atomic mass is 10.2. The first-order chi connectivity index (χ1) is 8.99. The summed E-state index contributed by atoms with van der Waals surface area (Å²) in [6.07, 6.45) is 0. The number of carbonyl (C=O) groups excluding carboxylic acids is 1. The van der Waals surface area contributed by atoms with Crippen LogP contribution >= 0.6 is 51.1 Å². The van der Waals surface area contributed by atoms with E-state index in [9.17, 15) is 4.79 Å². The summed E-state index contributed by atoms with van der Waals surface area (Å²) >= 11 is 15.6. The molecule has 0 unspecified atom stereocenters. The zero-order valence-electron chi connectivity index (χ0n) is 9.44. The molecular weight excluding hydrogens is 368 g/mol. The largest absolute Gasteiger partial charge is 0.389 e. The molecule has 1 heterocycles. The quantitative estimate of drug-likeness (QED) is 0.796. The summed E-state index contributed by atoms with van der Waals surface area (Å²) in [5.41, 5.74) is 6.69. The van der Waals surface area contributed by atoms with Crippen LogP contribution in [0.15, 0.2) is 34.1 Å². The normalized spacial score (nSPS) is 10.2. The highest BCUT2D eigenvalue weighted by Gasteiger charge is 2.13. The molecule has 1 aromatic carbocycles. The monoisotopic (exact) mass is 374 g/mol. The number of thiophene rings is 1. The number of hydrogen-bond acceptors (Lipinski definition) is 3. The third-order valence-electron chi connectivity index (χ3n) is 2.32. The van der Waals surface area contributed by atoms with E-state index in [1.807, 2.05) is 11.4 Å². The van der Waals surface area contributed by atoms with Gasteiger partial charge in [-0.05, 0) is 39.5 Å². The van der Waals surface area contributed by atoms with Crippen molar-refractivity contribution in [2.24, 2.45) is 5.73 Å². The summed E-state index contributed by atoms with van der Waals surface area (Å²) in [4.78, 5) is 12.9. The Kier molecular flexibility index (Phi) is 4.57. The Hall–Kier alpha value is -0.950. The highest BCUT2D eigenvalue weighted by molar-refractivity contribution is 9.10. The number of thiocarbonyl (C=S) groups is 1. The second kappa shape index (κ2) is 6.00. The number of benzene rings is 1. The van der Waals surface area contributed by atoms with Gasteiger partial charge in [0.1, 0.15) is 9.87 Å².